The molecule has 0 heteroatoms. The maximum Gasteiger partial charge on any atom is -0.00900 e. The van der Waals surface area contributed by atoms with Crippen molar-refractivity contribution in [2.75, 3.05) is 0 Å². The van der Waals surface area contributed by atoms with E-state index < -0.39 is 0 Å². The van der Waals surface area contributed by atoms with Crippen LogP contribution in [-0.4, -0.2) is 0 Å². The molecule has 0 saturated heterocycles. The lowest BCUT2D eigenvalue weighted by Gasteiger charge is -2.21. The van der Waals surface area contributed by atoms with Gasteiger partial charge in [-0.25, -0.2) is 0 Å². The molecular formula is C17H20. The molecular weight excluding hydrogens is 204 g/mol. The van der Waals surface area contributed by atoms with Crippen LogP contribution in [0.25, 0.3) is 0 Å². The van der Waals surface area contributed by atoms with Gasteiger partial charge < -0.3 is 0 Å². The zero-order valence-electron chi connectivity index (χ0n) is 10.4. The van der Waals surface area contributed by atoms with Gasteiger partial charge in [0.2, 0.25) is 0 Å². The van der Waals surface area contributed by atoms with E-state index in [1.165, 1.54) is 43.3 Å². The highest BCUT2D eigenvalue weighted by atomic mass is 14.4. The second kappa shape index (κ2) is 4.18. The van der Waals surface area contributed by atoms with Crippen LogP contribution < -0.4 is 0 Å². The Morgan fingerprint density at radius 2 is 2.18 bits per heavy atom. The van der Waals surface area contributed by atoms with Crippen molar-refractivity contribution < 1.29 is 0 Å². The van der Waals surface area contributed by atoms with Gasteiger partial charge in [0.15, 0.2) is 0 Å². The van der Waals surface area contributed by atoms with Crippen molar-refractivity contribution in [2.24, 2.45) is 11.8 Å². The van der Waals surface area contributed by atoms with Crippen LogP contribution in [0.3, 0.4) is 0 Å². The molecule has 3 aliphatic carbocycles. The molecule has 0 radical (unpaired) electrons. The molecule has 3 rings (SSSR count). The molecule has 0 N–H and O–H groups in total. The standard InChI is InChI=1S/C17H20/c1-3-13-8-9-15(10-13)17-11-14-6-4-5-7-16(14)12(17)2/h3-4,6,8,15,17H,1-2,5,7,9-11H2. The minimum absolute atomic E-state index is 0.691. The third kappa shape index (κ3) is 1.76. The Balaban J connectivity index is 1.75. The Morgan fingerprint density at radius 1 is 1.29 bits per heavy atom. The Bertz CT molecular complexity index is 456. The summed E-state index contributed by atoms with van der Waals surface area (Å²) in [6, 6.07) is 0. The average molecular weight is 224 g/mol. The second-order valence-electron chi connectivity index (χ2n) is 5.46. The minimum Gasteiger partial charge on any atom is -0.0988 e. The molecule has 3 aliphatic rings. The highest BCUT2D eigenvalue weighted by Crippen LogP contribution is 2.48. The average Bonchev–Trinajstić information content (AvgIpc) is 2.95. The van der Waals surface area contributed by atoms with E-state index in [1.807, 2.05) is 6.08 Å². The molecule has 88 valence electrons. The predicted molar refractivity (Wildman–Crippen MR) is 73.7 cm³/mol. The van der Waals surface area contributed by atoms with E-state index in [2.05, 4.69) is 31.4 Å². The number of allylic oxidation sites excluding steroid dienone is 8. The van der Waals surface area contributed by atoms with E-state index in [0.717, 1.165) is 5.92 Å². The lowest BCUT2D eigenvalue weighted by Crippen LogP contribution is -2.11. The highest BCUT2D eigenvalue weighted by Gasteiger charge is 2.34. The largest absolute Gasteiger partial charge is 0.0988 e. The van der Waals surface area contributed by atoms with E-state index in [-0.39, 0.29) is 0 Å². The van der Waals surface area contributed by atoms with Crippen LogP contribution in [0.5, 0.6) is 0 Å². The van der Waals surface area contributed by atoms with Crippen LogP contribution in [0.4, 0.5) is 0 Å². The zero-order chi connectivity index (χ0) is 11.8. The van der Waals surface area contributed by atoms with E-state index in [4.69, 9.17) is 0 Å². The van der Waals surface area contributed by atoms with Gasteiger partial charge in [-0.2, -0.15) is 0 Å². The number of rotatable bonds is 2. The maximum atomic E-state index is 4.37. The molecule has 0 amide bonds. The molecule has 0 aliphatic heterocycles. The van der Waals surface area contributed by atoms with Gasteiger partial charge >= 0.3 is 0 Å². The smallest absolute Gasteiger partial charge is 0.00900 e. The van der Waals surface area contributed by atoms with Crippen LogP contribution >= 0.6 is 0 Å². The van der Waals surface area contributed by atoms with Crippen LogP contribution in [0, 0.1) is 11.8 Å². The molecule has 0 aromatic rings. The quantitative estimate of drug-likeness (QED) is 0.636. The first-order chi connectivity index (χ1) is 8.29. The molecule has 0 spiro atoms. The fourth-order valence-electron chi connectivity index (χ4n) is 3.55. The highest BCUT2D eigenvalue weighted by molar-refractivity contribution is 5.49. The summed E-state index contributed by atoms with van der Waals surface area (Å²) in [6.07, 6.45) is 15.1. The number of hydrogen-bond acceptors (Lipinski definition) is 0. The summed E-state index contributed by atoms with van der Waals surface area (Å²) in [4.78, 5) is 0. The number of hydrogen-bond donors (Lipinski definition) is 0. The van der Waals surface area contributed by atoms with Crippen molar-refractivity contribution in [2.45, 2.75) is 32.1 Å². The van der Waals surface area contributed by atoms with Crippen molar-refractivity contribution in [3.05, 3.63) is 59.8 Å². The van der Waals surface area contributed by atoms with Crippen molar-refractivity contribution in [1.29, 1.82) is 0 Å². The van der Waals surface area contributed by atoms with Crippen molar-refractivity contribution >= 4 is 0 Å². The zero-order valence-corrected chi connectivity index (χ0v) is 10.4. The molecule has 0 aromatic carbocycles. The summed E-state index contributed by atoms with van der Waals surface area (Å²) < 4.78 is 0. The molecule has 0 bridgehead atoms. The Labute approximate surface area is 104 Å². The Morgan fingerprint density at radius 3 is 2.88 bits per heavy atom. The third-order valence-electron chi connectivity index (χ3n) is 4.55. The van der Waals surface area contributed by atoms with Gasteiger partial charge in [0.05, 0.1) is 0 Å². The first kappa shape index (κ1) is 10.8. The topological polar surface area (TPSA) is 0 Å². The van der Waals surface area contributed by atoms with Gasteiger partial charge in [-0.15, -0.1) is 0 Å². The van der Waals surface area contributed by atoms with Crippen LogP contribution in [-0.2, 0) is 0 Å². The fraction of sp³-hybridized carbons (Fsp3) is 0.412. The Hall–Kier alpha value is -1.30. The molecule has 0 saturated carbocycles. The lowest BCUT2D eigenvalue weighted by molar-refractivity contribution is 0.412. The van der Waals surface area contributed by atoms with Crippen LogP contribution in [0.2, 0.25) is 0 Å². The predicted octanol–water partition coefficient (Wildman–Crippen LogP) is 4.73. The molecule has 17 heavy (non-hydrogen) atoms. The van der Waals surface area contributed by atoms with Crippen molar-refractivity contribution in [3.63, 3.8) is 0 Å². The molecule has 2 atom stereocenters. The van der Waals surface area contributed by atoms with E-state index in [9.17, 15) is 0 Å². The van der Waals surface area contributed by atoms with Gasteiger partial charge in [0, 0.05) is 0 Å². The molecule has 0 fully saturated rings. The normalized spacial score (nSPS) is 31.8. The maximum absolute atomic E-state index is 4.37. The van der Waals surface area contributed by atoms with Gasteiger partial charge in [0.25, 0.3) is 0 Å². The van der Waals surface area contributed by atoms with Crippen molar-refractivity contribution in [1.82, 2.24) is 0 Å². The van der Waals surface area contributed by atoms with Gasteiger partial charge in [-0.1, -0.05) is 43.0 Å². The first-order valence-electron chi connectivity index (χ1n) is 6.69. The van der Waals surface area contributed by atoms with E-state index in [0.29, 0.717) is 5.92 Å². The summed E-state index contributed by atoms with van der Waals surface area (Å²) in [7, 11) is 0. The fourth-order valence-corrected chi connectivity index (χ4v) is 3.55. The molecule has 0 aromatic heterocycles. The van der Waals surface area contributed by atoms with E-state index >= 15 is 0 Å². The van der Waals surface area contributed by atoms with Crippen LogP contribution in [0.15, 0.2) is 59.8 Å². The summed E-state index contributed by atoms with van der Waals surface area (Å²) in [5.74, 6) is 1.46. The van der Waals surface area contributed by atoms with Gasteiger partial charge in [-0.3, -0.25) is 0 Å². The summed E-state index contributed by atoms with van der Waals surface area (Å²) >= 11 is 0. The van der Waals surface area contributed by atoms with Crippen molar-refractivity contribution in [3.8, 4) is 0 Å². The SMILES string of the molecule is C=CC1=CCC(C2CC3=C(CCC=C3)C2=C)C1. The van der Waals surface area contributed by atoms with Crippen LogP contribution in [0.1, 0.15) is 32.1 Å². The molecule has 0 heterocycles. The lowest BCUT2D eigenvalue weighted by atomic mass is 9.83. The molecule has 2 unspecified atom stereocenters. The third-order valence-corrected chi connectivity index (χ3v) is 4.55. The monoisotopic (exact) mass is 224 g/mol. The summed E-state index contributed by atoms with van der Waals surface area (Å²) in [5, 5.41) is 0. The summed E-state index contributed by atoms with van der Waals surface area (Å²) in [5.41, 5.74) is 6.01. The van der Waals surface area contributed by atoms with Gasteiger partial charge in [-0.05, 0) is 60.7 Å². The van der Waals surface area contributed by atoms with Gasteiger partial charge in [0.1, 0.15) is 0 Å². The Kier molecular flexibility index (Phi) is 2.66. The summed E-state index contributed by atoms with van der Waals surface area (Å²) in [6.45, 7) is 8.26. The molecule has 0 nitrogen and oxygen atoms in total. The van der Waals surface area contributed by atoms with E-state index in [1.54, 1.807) is 11.1 Å². The first-order valence-corrected chi connectivity index (χ1v) is 6.69. The second-order valence-corrected chi connectivity index (χ2v) is 5.46. The minimum atomic E-state index is 0.691.